The van der Waals surface area contributed by atoms with Gasteiger partial charge in [-0.25, -0.2) is 0 Å². The molecule has 1 aromatic rings. The van der Waals surface area contributed by atoms with Gasteiger partial charge in [0.05, 0.1) is 7.11 Å². The Morgan fingerprint density at radius 3 is 2.43 bits per heavy atom. The normalized spacial score (nSPS) is 12.5. The van der Waals surface area contributed by atoms with Crippen LogP contribution in [0, 0.1) is 0 Å². The highest BCUT2D eigenvalue weighted by atomic mass is 79.9. The SMILES string of the molecule is CCCCC(Br)c1ccc(OC)cc1. The fourth-order valence-corrected chi connectivity index (χ4v) is 1.99. The summed E-state index contributed by atoms with van der Waals surface area (Å²) < 4.78 is 5.11. The first-order chi connectivity index (χ1) is 6.77. The van der Waals surface area contributed by atoms with Crippen molar-refractivity contribution in [2.75, 3.05) is 7.11 Å². The van der Waals surface area contributed by atoms with Crippen LogP contribution in [-0.2, 0) is 0 Å². The molecule has 1 atom stereocenters. The van der Waals surface area contributed by atoms with E-state index in [-0.39, 0.29) is 0 Å². The molecule has 1 unspecified atom stereocenters. The van der Waals surface area contributed by atoms with Gasteiger partial charge in [-0.2, -0.15) is 0 Å². The van der Waals surface area contributed by atoms with Gasteiger partial charge in [0.1, 0.15) is 5.75 Å². The number of methoxy groups -OCH3 is 1. The molecule has 1 aromatic carbocycles. The second-order valence-electron chi connectivity index (χ2n) is 3.38. The lowest BCUT2D eigenvalue weighted by atomic mass is 10.1. The Labute approximate surface area is 94.6 Å². The van der Waals surface area contributed by atoms with E-state index in [0.29, 0.717) is 4.83 Å². The molecule has 0 saturated heterocycles. The monoisotopic (exact) mass is 256 g/mol. The molecule has 0 spiro atoms. The molecule has 78 valence electrons. The second kappa shape index (κ2) is 6.07. The van der Waals surface area contributed by atoms with Gasteiger partial charge >= 0.3 is 0 Å². The van der Waals surface area contributed by atoms with E-state index in [0.717, 1.165) is 5.75 Å². The van der Waals surface area contributed by atoms with E-state index in [1.165, 1.54) is 24.8 Å². The van der Waals surface area contributed by atoms with Crippen LogP contribution in [0.1, 0.15) is 36.6 Å². The summed E-state index contributed by atoms with van der Waals surface area (Å²) in [5.74, 6) is 0.920. The summed E-state index contributed by atoms with van der Waals surface area (Å²) in [6, 6.07) is 8.26. The highest BCUT2D eigenvalue weighted by Crippen LogP contribution is 2.29. The van der Waals surface area contributed by atoms with E-state index >= 15 is 0 Å². The molecular weight excluding hydrogens is 240 g/mol. The number of unbranched alkanes of at least 4 members (excludes halogenated alkanes) is 1. The Kier molecular flexibility index (Phi) is 5.02. The Morgan fingerprint density at radius 1 is 1.29 bits per heavy atom. The molecule has 0 radical (unpaired) electrons. The molecule has 0 fully saturated rings. The van der Waals surface area contributed by atoms with Crippen molar-refractivity contribution >= 4 is 15.9 Å². The quantitative estimate of drug-likeness (QED) is 0.714. The lowest BCUT2D eigenvalue weighted by molar-refractivity contribution is 0.414. The first-order valence-corrected chi connectivity index (χ1v) is 5.97. The zero-order valence-corrected chi connectivity index (χ0v) is 10.4. The van der Waals surface area contributed by atoms with Crippen LogP contribution in [-0.4, -0.2) is 7.11 Å². The minimum Gasteiger partial charge on any atom is -0.497 e. The van der Waals surface area contributed by atoms with E-state index in [4.69, 9.17) is 4.74 Å². The minimum absolute atomic E-state index is 0.480. The van der Waals surface area contributed by atoms with E-state index in [2.05, 4.69) is 35.0 Å². The Balaban J connectivity index is 2.57. The summed E-state index contributed by atoms with van der Waals surface area (Å²) in [4.78, 5) is 0.480. The maximum absolute atomic E-state index is 5.11. The zero-order valence-electron chi connectivity index (χ0n) is 8.79. The van der Waals surface area contributed by atoms with Crippen molar-refractivity contribution in [1.82, 2.24) is 0 Å². The van der Waals surface area contributed by atoms with Gasteiger partial charge in [0.2, 0.25) is 0 Å². The predicted molar refractivity (Wildman–Crippen MR) is 64.2 cm³/mol. The maximum Gasteiger partial charge on any atom is 0.118 e. The van der Waals surface area contributed by atoms with Crippen molar-refractivity contribution in [3.63, 3.8) is 0 Å². The average Bonchev–Trinajstić information content (AvgIpc) is 2.26. The number of benzene rings is 1. The van der Waals surface area contributed by atoms with Gasteiger partial charge in [-0.05, 0) is 24.1 Å². The summed E-state index contributed by atoms with van der Waals surface area (Å²) in [6.45, 7) is 2.22. The lowest BCUT2D eigenvalue weighted by Crippen LogP contribution is -1.90. The van der Waals surface area contributed by atoms with E-state index < -0.39 is 0 Å². The van der Waals surface area contributed by atoms with Crippen LogP contribution in [0.2, 0.25) is 0 Å². The third-order valence-corrected chi connectivity index (χ3v) is 3.28. The van der Waals surface area contributed by atoms with Crippen LogP contribution < -0.4 is 4.74 Å². The third kappa shape index (κ3) is 3.33. The predicted octanol–water partition coefficient (Wildman–Crippen LogP) is 4.32. The summed E-state index contributed by atoms with van der Waals surface area (Å²) in [5.41, 5.74) is 1.33. The number of ether oxygens (including phenoxy) is 1. The number of rotatable bonds is 5. The maximum atomic E-state index is 5.11. The van der Waals surface area contributed by atoms with Crippen molar-refractivity contribution in [1.29, 1.82) is 0 Å². The van der Waals surface area contributed by atoms with Gasteiger partial charge in [0.15, 0.2) is 0 Å². The van der Waals surface area contributed by atoms with E-state index in [9.17, 15) is 0 Å². The highest BCUT2D eigenvalue weighted by Gasteiger charge is 2.06. The van der Waals surface area contributed by atoms with Gasteiger partial charge in [-0.15, -0.1) is 0 Å². The Morgan fingerprint density at radius 2 is 1.93 bits per heavy atom. The third-order valence-electron chi connectivity index (χ3n) is 2.29. The number of hydrogen-bond donors (Lipinski definition) is 0. The molecule has 2 heteroatoms. The van der Waals surface area contributed by atoms with Crippen LogP contribution in [0.3, 0.4) is 0 Å². The molecule has 0 aliphatic rings. The van der Waals surface area contributed by atoms with Gasteiger partial charge in [-0.1, -0.05) is 47.8 Å². The van der Waals surface area contributed by atoms with Crippen LogP contribution >= 0.6 is 15.9 Å². The minimum atomic E-state index is 0.480. The standard InChI is InChI=1S/C12H17BrO/c1-3-4-5-12(13)10-6-8-11(14-2)9-7-10/h6-9,12H,3-5H2,1-2H3. The van der Waals surface area contributed by atoms with Gasteiger partial charge < -0.3 is 4.74 Å². The molecule has 1 rings (SSSR count). The van der Waals surface area contributed by atoms with Crippen LogP contribution in [0.25, 0.3) is 0 Å². The first-order valence-electron chi connectivity index (χ1n) is 5.06. The molecule has 0 amide bonds. The molecule has 14 heavy (non-hydrogen) atoms. The van der Waals surface area contributed by atoms with E-state index in [1.807, 2.05) is 12.1 Å². The summed E-state index contributed by atoms with van der Waals surface area (Å²) in [5, 5.41) is 0. The molecule has 0 aliphatic carbocycles. The molecule has 0 heterocycles. The molecular formula is C12H17BrO. The fraction of sp³-hybridized carbons (Fsp3) is 0.500. The Hall–Kier alpha value is -0.500. The number of halogens is 1. The van der Waals surface area contributed by atoms with Crippen molar-refractivity contribution < 1.29 is 4.74 Å². The van der Waals surface area contributed by atoms with Crippen LogP contribution in [0.5, 0.6) is 5.75 Å². The molecule has 0 bridgehead atoms. The summed E-state index contributed by atoms with van der Waals surface area (Å²) in [7, 11) is 1.69. The lowest BCUT2D eigenvalue weighted by Gasteiger charge is -2.09. The number of hydrogen-bond acceptors (Lipinski definition) is 1. The molecule has 0 aromatic heterocycles. The van der Waals surface area contributed by atoms with Crippen molar-refractivity contribution in [2.24, 2.45) is 0 Å². The Bertz CT molecular complexity index is 256. The smallest absolute Gasteiger partial charge is 0.118 e. The number of alkyl halides is 1. The largest absolute Gasteiger partial charge is 0.497 e. The van der Waals surface area contributed by atoms with Crippen molar-refractivity contribution in [3.05, 3.63) is 29.8 Å². The van der Waals surface area contributed by atoms with E-state index in [1.54, 1.807) is 7.11 Å². The summed E-state index contributed by atoms with van der Waals surface area (Å²) in [6.07, 6.45) is 3.71. The first kappa shape index (κ1) is 11.6. The summed E-state index contributed by atoms with van der Waals surface area (Å²) >= 11 is 3.69. The zero-order chi connectivity index (χ0) is 10.4. The fourth-order valence-electron chi connectivity index (χ4n) is 1.36. The average molecular weight is 257 g/mol. The molecule has 1 nitrogen and oxygen atoms in total. The topological polar surface area (TPSA) is 9.23 Å². The van der Waals surface area contributed by atoms with Crippen molar-refractivity contribution in [3.8, 4) is 5.75 Å². The van der Waals surface area contributed by atoms with Crippen LogP contribution in [0.4, 0.5) is 0 Å². The van der Waals surface area contributed by atoms with Crippen molar-refractivity contribution in [2.45, 2.75) is 31.0 Å². The van der Waals surface area contributed by atoms with Gasteiger partial charge in [0.25, 0.3) is 0 Å². The van der Waals surface area contributed by atoms with Crippen LogP contribution in [0.15, 0.2) is 24.3 Å². The highest BCUT2D eigenvalue weighted by molar-refractivity contribution is 9.09. The molecule has 0 saturated carbocycles. The molecule has 0 N–H and O–H groups in total. The van der Waals surface area contributed by atoms with Gasteiger partial charge in [-0.3, -0.25) is 0 Å². The molecule has 0 aliphatic heterocycles. The second-order valence-corrected chi connectivity index (χ2v) is 4.49. The van der Waals surface area contributed by atoms with Gasteiger partial charge in [0, 0.05) is 4.83 Å².